The molecule has 0 aliphatic carbocycles. The first-order valence-electron chi connectivity index (χ1n) is 5.75. The average Bonchev–Trinajstić information content (AvgIpc) is 2.58. The van der Waals surface area contributed by atoms with Gasteiger partial charge in [-0.05, 0) is 12.1 Å². The van der Waals surface area contributed by atoms with Gasteiger partial charge in [-0.15, -0.1) is 0 Å². The number of nitrogens with zero attached hydrogens (tertiary/aromatic N) is 2. The van der Waals surface area contributed by atoms with Crippen molar-refractivity contribution in [1.82, 2.24) is 15.0 Å². The van der Waals surface area contributed by atoms with Gasteiger partial charge in [0.25, 0.3) is 0 Å². The Hall–Kier alpha value is -1.38. The SMILES string of the molecule is CC(C)c1nc2ccc(C(C)(C)C)nc2[nH]1. The molecule has 2 heterocycles. The lowest BCUT2D eigenvalue weighted by Gasteiger charge is -2.16. The number of hydrogen-bond donors (Lipinski definition) is 1. The van der Waals surface area contributed by atoms with Crippen LogP contribution in [-0.2, 0) is 5.41 Å². The summed E-state index contributed by atoms with van der Waals surface area (Å²) in [5.74, 6) is 1.42. The predicted octanol–water partition coefficient (Wildman–Crippen LogP) is 3.38. The molecular formula is C13H19N3. The quantitative estimate of drug-likeness (QED) is 0.795. The molecule has 0 bridgehead atoms. The fourth-order valence-electron chi connectivity index (χ4n) is 1.60. The van der Waals surface area contributed by atoms with E-state index in [1.807, 2.05) is 6.07 Å². The molecule has 0 saturated carbocycles. The Morgan fingerprint density at radius 2 is 1.81 bits per heavy atom. The zero-order valence-electron chi connectivity index (χ0n) is 10.6. The standard InChI is InChI=1S/C13H19N3/c1-8(2)11-14-9-6-7-10(13(3,4)5)15-12(9)16-11/h6-8H,1-5H3,(H,14,15,16). The second-order valence-electron chi connectivity index (χ2n) is 5.59. The topological polar surface area (TPSA) is 41.6 Å². The van der Waals surface area contributed by atoms with Crippen molar-refractivity contribution in [1.29, 1.82) is 0 Å². The number of fused-ring (bicyclic) bond motifs is 1. The normalized spacial score (nSPS) is 12.6. The van der Waals surface area contributed by atoms with Gasteiger partial charge in [-0.2, -0.15) is 0 Å². The monoisotopic (exact) mass is 217 g/mol. The van der Waals surface area contributed by atoms with Gasteiger partial charge >= 0.3 is 0 Å². The van der Waals surface area contributed by atoms with Crippen molar-refractivity contribution in [2.24, 2.45) is 0 Å². The number of aromatic amines is 1. The minimum Gasteiger partial charge on any atom is -0.326 e. The van der Waals surface area contributed by atoms with Crippen molar-refractivity contribution in [2.45, 2.75) is 46.0 Å². The molecule has 0 aliphatic rings. The summed E-state index contributed by atoms with van der Waals surface area (Å²) < 4.78 is 0. The van der Waals surface area contributed by atoms with Crippen molar-refractivity contribution in [2.75, 3.05) is 0 Å². The Kier molecular flexibility index (Phi) is 2.49. The molecule has 1 N–H and O–H groups in total. The zero-order chi connectivity index (χ0) is 11.9. The number of aromatic nitrogens is 3. The van der Waals surface area contributed by atoms with E-state index < -0.39 is 0 Å². The van der Waals surface area contributed by atoms with Crippen LogP contribution in [0.4, 0.5) is 0 Å². The first kappa shape index (κ1) is 11.1. The van der Waals surface area contributed by atoms with E-state index in [2.05, 4.69) is 55.6 Å². The molecule has 2 aromatic rings. The van der Waals surface area contributed by atoms with Gasteiger partial charge < -0.3 is 4.98 Å². The third-order valence-corrected chi connectivity index (χ3v) is 2.68. The van der Waals surface area contributed by atoms with E-state index in [1.54, 1.807) is 0 Å². The minimum atomic E-state index is 0.0806. The van der Waals surface area contributed by atoms with Crippen molar-refractivity contribution < 1.29 is 0 Å². The van der Waals surface area contributed by atoms with E-state index in [1.165, 1.54) is 0 Å². The Labute approximate surface area is 96.3 Å². The van der Waals surface area contributed by atoms with Crippen LogP contribution in [0.2, 0.25) is 0 Å². The summed E-state index contributed by atoms with van der Waals surface area (Å²) in [5, 5.41) is 0. The molecule has 0 amide bonds. The van der Waals surface area contributed by atoms with Gasteiger partial charge in [-0.1, -0.05) is 34.6 Å². The Balaban J connectivity index is 2.54. The molecule has 3 heteroatoms. The van der Waals surface area contributed by atoms with Crippen molar-refractivity contribution in [3.8, 4) is 0 Å². The van der Waals surface area contributed by atoms with E-state index in [4.69, 9.17) is 0 Å². The van der Waals surface area contributed by atoms with E-state index in [9.17, 15) is 0 Å². The van der Waals surface area contributed by atoms with E-state index in [0.717, 1.165) is 22.7 Å². The lowest BCUT2D eigenvalue weighted by molar-refractivity contribution is 0.571. The third-order valence-electron chi connectivity index (χ3n) is 2.68. The first-order chi connectivity index (χ1) is 7.38. The number of H-pyrrole nitrogens is 1. The maximum absolute atomic E-state index is 4.63. The van der Waals surface area contributed by atoms with Crippen LogP contribution in [0.15, 0.2) is 12.1 Å². The highest BCUT2D eigenvalue weighted by molar-refractivity contribution is 5.70. The highest BCUT2D eigenvalue weighted by Gasteiger charge is 2.16. The molecule has 2 rings (SSSR count). The number of hydrogen-bond acceptors (Lipinski definition) is 2. The number of imidazole rings is 1. The lowest BCUT2D eigenvalue weighted by atomic mass is 9.92. The molecule has 0 atom stereocenters. The summed E-state index contributed by atoms with van der Waals surface area (Å²) >= 11 is 0. The van der Waals surface area contributed by atoms with Crippen LogP contribution in [0.25, 0.3) is 11.2 Å². The lowest BCUT2D eigenvalue weighted by Crippen LogP contribution is -2.13. The summed E-state index contributed by atoms with van der Waals surface area (Å²) in [6, 6.07) is 4.11. The number of nitrogens with one attached hydrogen (secondary N) is 1. The Morgan fingerprint density at radius 3 is 2.38 bits per heavy atom. The summed E-state index contributed by atoms with van der Waals surface area (Å²) in [6.07, 6.45) is 0. The van der Waals surface area contributed by atoms with Gasteiger partial charge in [0.15, 0.2) is 5.65 Å². The van der Waals surface area contributed by atoms with Gasteiger partial charge in [-0.3, -0.25) is 0 Å². The fourth-order valence-corrected chi connectivity index (χ4v) is 1.60. The molecule has 3 nitrogen and oxygen atoms in total. The molecule has 16 heavy (non-hydrogen) atoms. The second kappa shape index (κ2) is 3.58. The van der Waals surface area contributed by atoms with Crippen molar-refractivity contribution in [3.63, 3.8) is 0 Å². The van der Waals surface area contributed by atoms with Crippen molar-refractivity contribution >= 4 is 11.2 Å². The van der Waals surface area contributed by atoms with Gasteiger partial charge in [-0.25, -0.2) is 9.97 Å². The Bertz CT molecular complexity index is 503. The molecule has 86 valence electrons. The third kappa shape index (κ3) is 1.94. The summed E-state index contributed by atoms with van der Waals surface area (Å²) in [4.78, 5) is 12.4. The molecule has 0 fully saturated rings. The van der Waals surface area contributed by atoms with Gasteiger partial charge in [0.1, 0.15) is 11.3 Å². The molecule has 0 unspecified atom stereocenters. The van der Waals surface area contributed by atoms with Crippen LogP contribution >= 0.6 is 0 Å². The minimum absolute atomic E-state index is 0.0806. The Morgan fingerprint density at radius 1 is 1.12 bits per heavy atom. The second-order valence-corrected chi connectivity index (χ2v) is 5.59. The highest BCUT2D eigenvalue weighted by atomic mass is 15.0. The number of rotatable bonds is 1. The zero-order valence-corrected chi connectivity index (χ0v) is 10.6. The van der Waals surface area contributed by atoms with Crippen LogP contribution in [0, 0.1) is 0 Å². The van der Waals surface area contributed by atoms with E-state index in [0.29, 0.717) is 5.92 Å². The van der Waals surface area contributed by atoms with Crippen LogP contribution in [0.5, 0.6) is 0 Å². The summed E-state index contributed by atoms with van der Waals surface area (Å²) in [7, 11) is 0. The van der Waals surface area contributed by atoms with Gasteiger partial charge in [0.2, 0.25) is 0 Å². The summed E-state index contributed by atoms with van der Waals surface area (Å²) in [6.45, 7) is 10.8. The van der Waals surface area contributed by atoms with Gasteiger partial charge in [0, 0.05) is 17.0 Å². The van der Waals surface area contributed by atoms with Crippen LogP contribution in [0.3, 0.4) is 0 Å². The van der Waals surface area contributed by atoms with Crippen molar-refractivity contribution in [3.05, 3.63) is 23.7 Å². The molecule has 0 radical (unpaired) electrons. The van der Waals surface area contributed by atoms with Crippen LogP contribution in [-0.4, -0.2) is 15.0 Å². The number of pyridine rings is 1. The molecule has 0 aliphatic heterocycles. The maximum Gasteiger partial charge on any atom is 0.157 e. The molecule has 0 spiro atoms. The van der Waals surface area contributed by atoms with E-state index >= 15 is 0 Å². The predicted molar refractivity (Wildman–Crippen MR) is 66.7 cm³/mol. The van der Waals surface area contributed by atoms with Crippen LogP contribution in [0.1, 0.15) is 52.1 Å². The molecule has 2 aromatic heterocycles. The molecule has 0 aromatic carbocycles. The smallest absolute Gasteiger partial charge is 0.157 e. The highest BCUT2D eigenvalue weighted by Crippen LogP contribution is 2.23. The largest absolute Gasteiger partial charge is 0.326 e. The maximum atomic E-state index is 4.63. The first-order valence-corrected chi connectivity index (χ1v) is 5.75. The van der Waals surface area contributed by atoms with Gasteiger partial charge in [0.05, 0.1) is 0 Å². The van der Waals surface area contributed by atoms with E-state index in [-0.39, 0.29) is 5.41 Å². The molecule has 0 saturated heterocycles. The average molecular weight is 217 g/mol. The fraction of sp³-hybridized carbons (Fsp3) is 0.538. The van der Waals surface area contributed by atoms with Crippen LogP contribution < -0.4 is 0 Å². The molecular weight excluding hydrogens is 198 g/mol. The summed E-state index contributed by atoms with van der Waals surface area (Å²) in [5.41, 5.74) is 3.03.